The van der Waals surface area contributed by atoms with Crippen LogP contribution in [0.3, 0.4) is 0 Å². The second-order valence-corrected chi connectivity index (χ2v) is 8.86. The van der Waals surface area contributed by atoms with Gasteiger partial charge in [0.25, 0.3) is 11.8 Å². The van der Waals surface area contributed by atoms with E-state index in [0.29, 0.717) is 5.56 Å². The number of aryl methyl sites for hydroxylation is 2. The average molecular weight is 447 g/mol. The molecule has 1 atom stereocenters. The van der Waals surface area contributed by atoms with E-state index in [2.05, 4.69) is 10.6 Å². The summed E-state index contributed by atoms with van der Waals surface area (Å²) in [6.07, 6.45) is 4.51. The SMILES string of the molecule is COc1ccc2c(c1)CCCC2NC(=O)/C(=C/c1cccs1)NC(=O)c1cccc(C)c1. The lowest BCUT2D eigenvalue weighted by molar-refractivity contribution is -0.118. The van der Waals surface area contributed by atoms with E-state index in [1.165, 1.54) is 16.9 Å². The molecule has 1 unspecified atom stereocenters. The second kappa shape index (κ2) is 9.83. The number of rotatable bonds is 6. The summed E-state index contributed by atoms with van der Waals surface area (Å²) in [6, 6.07) is 17.0. The molecule has 2 amide bonds. The summed E-state index contributed by atoms with van der Waals surface area (Å²) in [4.78, 5) is 27.0. The summed E-state index contributed by atoms with van der Waals surface area (Å²) in [7, 11) is 1.66. The Morgan fingerprint density at radius 3 is 2.75 bits per heavy atom. The van der Waals surface area contributed by atoms with Crippen molar-refractivity contribution in [1.82, 2.24) is 10.6 Å². The predicted molar refractivity (Wildman–Crippen MR) is 128 cm³/mol. The van der Waals surface area contributed by atoms with E-state index in [-0.39, 0.29) is 23.6 Å². The Morgan fingerprint density at radius 1 is 1.12 bits per heavy atom. The van der Waals surface area contributed by atoms with Crippen LogP contribution in [0.2, 0.25) is 0 Å². The van der Waals surface area contributed by atoms with E-state index in [0.717, 1.165) is 41.0 Å². The summed E-state index contributed by atoms with van der Waals surface area (Å²) in [5.41, 5.74) is 4.03. The third-order valence-corrected chi connectivity index (χ3v) is 6.39. The first-order chi connectivity index (χ1) is 15.5. The normalized spacial score (nSPS) is 15.6. The van der Waals surface area contributed by atoms with Crippen LogP contribution in [0.25, 0.3) is 6.08 Å². The van der Waals surface area contributed by atoms with E-state index in [4.69, 9.17) is 4.74 Å². The van der Waals surface area contributed by atoms with Crippen LogP contribution in [0, 0.1) is 6.92 Å². The molecule has 4 rings (SSSR count). The van der Waals surface area contributed by atoms with E-state index in [9.17, 15) is 9.59 Å². The number of carbonyl (C=O) groups is 2. The standard InChI is InChI=1S/C26H26N2O3S/c1-17-6-3-8-19(14-17)25(29)28-24(16-21-9-5-13-32-21)26(30)27-23-10-4-7-18-15-20(31-2)11-12-22(18)23/h3,5-6,8-9,11-16,23H,4,7,10H2,1-2H3,(H,27,30)(H,28,29)/b24-16-. The molecule has 0 radical (unpaired) electrons. The van der Waals surface area contributed by atoms with Gasteiger partial charge in [-0.25, -0.2) is 0 Å². The number of fused-ring (bicyclic) bond motifs is 1. The highest BCUT2D eigenvalue weighted by atomic mass is 32.1. The monoisotopic (exact) mass is 446 g/mol. The lowest BCUT2D eigenvalue weighted by Gasteiger charge is -2.27. The molecule has 5 nitrogen and oxygen atoms in total. The first-order valence-electron chi connectivity index (χ1n) is 10.6. The number of hydrogen-bond donors (Lipinski definition) is 2. The zero-order valence-electron chi connectivity index (χ0n) is 18.2. The Balaban J connectivity index is 1.57. The Morgan fingerprint density at radius 2 is 2.00 bits per heavy atom. The van der Waals surface area contributed by atoms with Crippen molar-refractivity contribution in [3.8, 4) is 5.75 Å². The minimum Gasteiger partial charge on any atom is -0.497 e. The van der Waals surface area contributed by atoms with Gasteiger partial charge in [-0.2, -0.15) is 0 Å². The fourth-order valence-corrected chi connectivity index (χ4v) is 4.62. The molecule has 3 aromatic rings. The third-order valence-electron chi connectivity index (χ3n) is 5.57. The van der Waals surface area contributed by atoms with Crippen molar-refractivity contribution in [2.75, 3.05) is 7.11 Å². The van der Waals surface area contributed by atoms with Crippen molar-refractivity contribution in [2.24, 2.45) is 0 Å². The number of ether oxygens (including phenoxy) is 1. The van der Waals surface area contributed by atoms with Gasteiger partial charge in [0, 0.05) is 10.4 Å². The molecule has 1 aromatic heterocycles. The van der Waals surface area contributed by atoms with E-state index in [1.54, 1.807) is 25.3 Å². The van der Waals surface area contributed by atoms with Crippen molar-refractivity contribution in [2.45, 2.75) is 32.2 Å². The van der Waals surface area contributed by atoms with Gasteiger partial charge in [0.1, 0.15) is 11.4 Å². The number of nitrogens with one attached hydrogen (secondary N) is 2. The number of benzene rings is 2. The highest BCUT2D eigenvalue weighted by molar-refractivity contribution is 7.10. The van der Waals surface area contributed by atoms with Crippen LogP contribution < -0.4 is 15.4 Å². The summed E-state index contributed by atoms with van der Waals surface area (Å²) in [5.74, 6) is 0.216. The molecule has 1 aliphatic carbocycles. The van der Waals surface area contributed by atoms with Gasteiger partial charge in [0.05, 0.1) is 13.2 Å². The Bertz CT molecular complexity index is 1150. The lowest BCUT2D eigenvalue weighted by Crippen LogP contribution is -2.37. The largest absolute Gasteiger partial charge is 0.497 e. The van der Waals surface area contributed by atoms with E-state index >= 15 is 0 Å². The van der Waals surface area contributed by atoms with Crippen LogP contribution >= 0.6 is 11.3 Å². The zero-order chi connectivity index (χ0) is 22.5. The van der Waals surface area contributed by atoms with Gasteiger partial charge < -0.3 is 15.4 Å². The van der Waals surface area contributed by atoms with Gasteiger partial charge >= 0.3 is 0 Å². The highest BCUT2D eigenvalue weighted by Crippen LogP contribution is 2.32. The molecule has 6 heteroatoms. The average Bonchev–Trinajstić information content (AvgIpc) is 3.31. The number of methoxy groups -OCH3 is 1. The van der Waals surface area contributed by atoms with Crippen molar-refractivity contribution in [3.63, 3.8) is 0 Å². The summed E-state index contributed by atoms with van der Waals surface area (Å²) in [5, 5.41) is 7.90. The van der Waals surface area contributed by atoms with Gasteiger partial charge in [-0.1, -0.05) is 29.8 Å². The van der Waals surface area contributed by atoms with Crippen molar-refractivity contribution in [1.29, 1.82) is 0 Å². The smallest absolute Gasteiger partial charge is 0.268 e. The molecule has 32 heavy (non-hydrogen) atoms. The molecule has 0 aliphatic heterocycles. The molecular formula is C26H26N2O3S. The van der Waals surface area contributed by atoms with Crippen LogP contribution in [-0.4, -0.2) is 18.9 Å². The molecule has 164 valence electrons. The zero-order valence-corrected chi connectivity index (χ0v) is 19.0. The van der Waals surface area contributed by atoms with Crippen molar-refractivity contribution < 1.29 is 14.3 Å². The van der Waals surface area contributed by atoms with Crippen LogP contribution in [0.5, 0.6) is 5.75 Å². The molecule has 0 spiro atoms. The number of amides is 2. The maximum Gasteiger partial charge on any atom is 0.268 e. The molecular weight excluding hydrogens is 420 g/mol. The quantitative estimate of drug-likeness (QED) is 0.522. The van der Waals surface area contributed by atoms with Gasteiger partial charge in [-0.3, -0.25) is 9.59 Å². The van der Waals surface area contributed by atoms with Crippen LogP contribution in [-0.2, 0) is 11.2 Å². The van der Waals surface area contributed by atoms with Crippen molar-refractivity contribution >= 4 is 29.2 Å². The molecule has 1 aliphatic rings. The number of thiophene rings is 1. The van der Waals surface area contributed by atoms with E-state index in [1.807, 2.05) is 54.8 Å². The van der Waals surface area contributed by atoms with Gasteiger partial charge in [-0.15, -0.1) is 11.3 Å². The highest BCUT2D eigenvalue weighted by Gasteiger charge is 2.24. The van der Waals surface area contributed by atoms with Crippen LogP contribution in [0.4, 0.5) is 0 Å². The Hall–Kier alpha value is -3.38. The summed E-state index contributed by atoms with van der Waals surface area (Å²) < 4.78 is 5.34. The number of hydrogen-bond acceptors (Lipinski definition) is 4. The van der Waals surface area contributed by atoms with Crippen molar-refractivity contribution in [3.05, 3.63) is 92.8 Å². The molecule has 0 fully saturated rings. The van der Waals surface area contributed by atoms with E-state index < -0.39 is 0 Å². The van der Waals surface area contributed by atoms with Crippen LogP contribution in [0.1, 0.15) is 50.8 Å². The maximum absolute atomic E-state index is 13.3. The fourth-order valence-electron chi connectivity index (χ4n) is 3.96. The molecule has 1 heterocycles. The molecule has 2 aromatic carbocycles. The minimum absolute atomic E-state index is 0.111. The molecule has 0 bridgehead atoms. The third kappa shape index (κ3) is 5.08. The first kappa shape index (κ1) is 21.8. The molecule has 0 saturated carbocycles. The first-order valence-corrected chi connectivity index (χ1v) is 11.5. The topological polar surface area (TPSA) is 67.4 Å². The maximum atomic E-state index is 13.3. The molecule has 0 saturated heterocycles. The Labute approximate surface area is 192 Å². The summed E-state index contributed by atoms with van der Waals surface area (Å²) >= 11 is 1.51. The predicted octanol–water partition coefficient (Wildman–Crippen LogP) is 5.03. The second-order valence-electron chi connectivity index (χ2n) is 7.88. The van der Waals surface area contributed by atoms with Gasteiger partial charge in [0.2, 0.25) is 0 Å². The van der Waals surface area contributed by atoms with Gasteiger partial charge in [0.15, 0.2) is 0 Å². The fraction of sp³-hybridized carbons (Fsp3) is 0.231. The molecule has 2 N–H and O–H groups in total. The lowest BCUT2D eigenvalue weighted by atomic mass is 9.87. The minimum atomic E-state index is -0.305. The number of carbonyl (C=O) groups excluding carboxylic acids is 2. The summed E-state index contributed by atoms with van der Waals surface area (Å²) in [6.45, 7) is 1.93. The van der Waals surface area contributed by atoms with Gasteiger partial charge in [-0.05, 0) is 79.1 Å². The Kier molecular flexibility index (Phi) is 6.71. The van der Waals surface area contributed by atoms with Crippen LogP contribution in [0.15, 0.2) is 65.7 Å².